The van der Waals surface area contributed by atoms with Crippen LogP contribution in [0.15, 0.2) is 33.3 Å². The Morgan fingerprint density at radius 3 is 2.80 bits per heavy atom. The molecule has 4 nitrogen and oxygen atoms in total. The molecule has 0 saturated heterocycles. The van der Waals surface area contributed by atoms with Crippen molar-refractivity contribution in [2.24, 2.45) is 0 Å². The highest BCUT2D eigenvalue weighted by atomic mass is 79.9. The van der Waals surface area contributed by atoms with Crippen molar-refractivity contribution >= 4 is 49.3 Å². The smallest absolute Gasteiger partial charge is 0.224 e. The molecule has 1 aromatic carbocycles. The molecule has 0 aliphatic rings. The maximum atomic E-state index is 4.51. The number of benzene rings is 1. The summed E-state index contributed by atoms with van der Waals surface area (Å²) in [4.78, 5) is 8.78. The van der Waals surface area contributed by atoms with Crippen molar-refractivity contribution in [3.8, 4) is 0 Å². The fraction of sp³-hybridized carbons (Fsp3) is 0.286. The van der Waals surface area contributed by atoms with E-state index in [2.05, 4.69) is 59.4 Å². The average molecular weight is 400 g/mol. The van der Waals surface area contributed by atoms with Gasteiger partial charge in [0.25, 0.3) is 0 Å². The largest absolute Gasteiger partial charge is 0.354 e. The Morgan fingerprint density at radius 2 is 2.05 bits per heavy atom. The summed E-state index contributed by atoms with van der Waals surface area (Å²) in [6.45, 7) is 4.96. The lowest BCUT2D eigenvalue weighted by Gasteiger charge is -2.12. The van der Waals surface area contributed by atoms with Crippen molar-refractivity contribution in [2.75, 3.05) is 17.2 Å². The van der Waals surface area contributed by atoms with E-state index in [1.54, 1.807) is 0 Å². The third-order valence-electron chi connectivity index (χ3n) is 2.69. The van der Waals surface area contributed by atoms with Crippen molar-refractivity contribution < 1.29 is 0 Å². The van der Waals surface area contributed by atoms with E-state index in [1.165, 1.54) is 0 Å². The number of nitrogens with zero attached hydrogens (tertiary/aromatic N) is 2. The number of nitrogens with one attached hydrogen (secondary N) is 2. The molecule has 0 saturated carbocycles. The number of anilines is 3. The predicted octanol–water partition coefficient (Wildman–Crippen LogP) is 4.88. The zero-order valence-electron chi connectivity index (χ0n) is 11.4. The third kappa shape index (κ3) is 3.93. The van der Waals surface area contributed by atoms with E-state index in [1.807, 2.05) is 31.3 Å². The first-order valence-electron chi connectivity index (χ1n) is 6.39. The summed E-state index contributed by atoms with van der Waals surface area (Å²) in [5.41, 5.74) is 1.96. The van der Waals surface area contributed by atoms with E-state index in [4.69, 9.17) is 0 Å². The number of hydrogen-bond acceptors (Lipinski definition) is 4. The molecule has 2 N–H and O–H groups in total. The molecule has 20 heavy (non-hydrogen) atoms. The zero-order valence-corrected chi connectivity index (χ0v) is 14.5. The van der Waals surface area contributed by atoms with Crippen molar-refractivity contribution in [3.63, 3.8) is 0 Å². The minimum absolute atomic E-state index is 0.645. The molecule has 0 atom stereocenters. The molecule has 6 heteroatoms. The minimum atomic E-state index is 0.645. The fourth-order valence-electron chi connectivity index (χ4n) is 1.61. The number of hydrogen-bond donors (Lipinski definition) is 2. The lowest BCUT2D eigenvalue weighted by atomic mass is 10.3. The molecule has 2 rings (SSSR count). The van der Waals surface area contributed by atoms with Gasteiger partial charge in [-0.15, -0.1) is 0 Å². The van der Waals surface area contributed by atoms with Crippen LogP contribution in [0.4, 0.5) is 17.5 Å². The third-order valence-corrected chi connectivity index (χ3v) is 3.87. The van der Waals surface area contributed by atoms with Gasteiger partial charge in [0.2, 0.25) is 5.95 Å². The lowest BCUT2D eigenvalue weighted by Crippen LogP contribution is -2.07. The Morgan fingerprint density at radius 1 is 1.25 bits per heavy atom. The molecule has 0 aliphatic heterocycles. The molecular weight excluding hydrogens is 384 g/mol. The first-order chi connectivity index (χ1) is 9.60. The minimum Gasteiger partial charge on any atom is -0.354 e. The summed E-state index contributed by atoms with van der Waals surface area (Å²) in [5, 5.41) is 6.52. The number of aromatic nitrogens is 2. The summed E-state index contributed by atoms with van der Waals surface area (Å²) in [6.07, 6.45) is 2.86. The second kappa shape index (κ2) is 7.04. The normalized spacial score (nSPS) is 10.4. The van der Waals surface area contributed by atoms with E-state index in [-0.39, 0.29) is 0 Å². The Kier molecular flexibility index (Phi) is 5.37. The Hall–Kier alpha value is -1.14. The van der Waals surface area contributed by atoms with Crippen LogP contribution in [0.5, 0.6) is 0 Å². The quantitative estimate of drug-likeness (QED) is 0.752. The molecular formula is C14H16Br2N4. The number of aryl methyl sites for hydroxylation is 1. The molecule has 2 aromatic rings. The molecule has 0 unspecified atom stereocenters. The van der Waals surface area contributed by atoms with E-state index in [9.17, 15) is 0 Å². The summed E-state index contributed by atoms with van der Waals surface area (Å²) < 4.78 is 2.00. The van der Waals surface area contributed by atoms with Crippen LogP contribution in [-0.4, -0.2) is 16.5 Å². The highest BCUT2D eigenvalue weighted by Crippen LogP contribution is 2.29. The highest BCUT2D eigenvalue weighted by Gasteiger charge is 2.07. The maximum absolute atomic E-state index is 4.51. The van der Waals surface area contributed by atoms with Crippen LogP contribution in [0.1, 0.15) is 18.9 Å². The van der Waals surface area contributed by atoms with Gasteiger partial charge in [0.05, 0.1) is 5.69 Å². The van der Waals surface area contributed by atoms with Gasteiger partial charge in [0.1, 0.15) is 5.82 Å². The SMILES string of the molecule is CCCNc1ncc(C)c(Nc2cc(Br)ccc2Br)n1. The van der Waals surface area contributed by atoms with Crippen molar-refractivity contribution in [1.82, 2.24) is 9.97 Å². The zero-order chi connectivity index (χ0) is 14.5. The molecule has 0 amide bonds. The van der Waals surface area contributed by atoms with Crippen molar-refractivity contribution in [1.29, 1.82) is 0 Å². The van der Waals surface area contributed by atoms with Gasteiger partial charge in [-0.3, -0.25) is 0 Å². The summed E-state index contributed by atoms with van der Waals surface area (Å²) in [5.74, 6) is 1.45. The van der Waals surface area contributed by atoms with Gasteiger partial charge >= 0.3 is 0 Å². The molecule has 0 radical (unpaired) electrons. The van der Waals surface area contributed by atoms with Gasteiger partial charge < -0.3 is 10.6 Å². The summed E-state index contributed by atoms with van der Waals surface area (Å²) in [7, 11) is 0. The molecule has 1 aromatic heterocycles. The van der Waals surface area contributed by atoms with Crippen LogP contribution in [0.3, 0.4) is 0 Å². The number of rotatable bonds is 5. The van der Waals surface area contributed by atoms with Gasteiger partial charge in [-0.1, -0.05) is 22.9 Å². The van der Waals surface area contributed by atoms with E-state index >= 15 is 0 Å². The monoisotopic (exact) mass is 398 g/mol. The molecule has 106 valence electrons. The molecule has 0 bridgehead atoms. The Bertz CT molecular complexity index is 602. The molecule has 1 heterocycles. The predicted molar refractivity (Wildman–Crippen MR) is 90.7 cm³/mol. The Balaban J connectivity index is 2.25. The van der Waals surface area contributed by atoms with Gasteiger partial charge in [0, 0.05) is 27.3 Å². The average Bonchev–Trinajstić information content (AvgIpc) is 2.43. The van der Waals surface area contributed by atoms with Crippen LogP contribution >= 0.6 is 31.9 Å². The van der Waals surface area contributed by atoms with Crippen LogP contribution < -0.4 is 10.6 Å². The molecule has 0 fully saturated rings. The van der Waals surface area contributed by atoms with E-state index in [0.29, 0.717) is 5.95 Å². The van der Waals surface area contributed by atoms with E-state index in [0.717, 1.165) is 39.0 Å². The van der Waals surface area contributed by atoms with Crippen LogP contribution in [-0.2, 0) is 0 Å². The topological polar surface area (TPSA) is 49.8 Å². The van der Waals surface area contributed by atoms with E-state index < -0.39 is 0 Å². The second-order valence-corrected chi connectivity index (χ2v) is 6.17. The first-order valence-corrected chi connectivity index (χ1v) is 7.98. The van der Waals surface area contributed by atoms with Gasteiger partial charge in [0.15, 0.2) is 0 Å². The molecule has 0 aliphatic carbocycles. The molecule has 0 spiro atoms. The lowest BCUT2D eigenvalue weighted by molar-refractivity contribution is 0.950. The van der Waals surface area contributed by atoms with Crippen LogP contribution in [0.25, 0.3) is 0 Å². The first kappa shape index (κ1) is 15.3. The Labute approximate surface area is 135 Å². The summed E-state index contributed by atoms with van der Waals surface area (Å²) in [6, 6.07) is 5.97. The second-order valence-electron chi connectivity index (χ2n) is 4.40. The van der Waals surface area contributed by atoms with Crippen molar-refractivity contribution in [2.45, 2.75) is 20.3 Å². The highest BCUT2D eigenvalue weighted by molar-refractivity contribution is 9.11. The number of halogens is 2. The van der Waals surface area contributed by atoms with Gasteiger partial charge in [-0.05, 0) is 47.5 Å². The summed E-state index contributed by atoms with van der Waals surface area (Å²) >= 11 is 7.00. The van der Waals surface area contributed by atoms with Crippen LogP contribution in [0, 0.1) is 6.92 Å². The van der Waals surface area contributed by atoms with Crippen molar-refractivity contribution in [3.05, 3.63) is 38.9 Å². The van der Waals surface area contributed by atoms with Gasteiger partial charge in [-0.25, -0.2) is 4.98 Å². The maximum Gasteiger partial charge on any atom is 0.224 e. The van der Waals surface area contributed by atoms with Gasteiger partial charge in [-0.2, -0.15) is 4.98 Å². The fourth-order valence-corrected chi connectivity index (χ4v) is 2.32. The standard InChI is InChI=1S/C14H16Br2N4/c1-3-6-17-14-18-8-9(2)13(20-14)19-12-7-10(15)4-5-11(12)16/h4-5,7-8H,3,6H2,1-2H3,(H2,17,18,19,20). The van der Waals surface area contributed by atoms with Crippen LogP contribution in [0.2, 0.25) is 0 Å².